The summed E-state index contributed by atoms with van der Waals surface area (Å²) >= 11 is 0. The lowest BCUT2D eigenvalue weighted by Gasteiger charge is -2.09. The highest BCUT2D eigenvalue weighted by Gasteiger charge is 2.13. The number of hydrogen-bond acceptors (Lipinski definition) is 3. The Morgan fingerprint density at radius 3 is 2.58 bits per heavy atom. The highest BCUT2D eigenvalue weighted by atomic mass is 19.1. The number of aryl methyl sites for hydroxylation is 1. The third-order valence-corrected chi connectivity index (χ3v) is 2.99. The Hall–Kier alpha value is -2.17. The summed E-state index contributed by atoms with van der Waals surface area (Å²) in [5.41, 5.74) is 7.18. The third-order valence-electron chi connectivity index (χ3n) is 2.99. The first-order valence-electron chi connectivity index (χ1n) is 6.06. The molecule has 0 unspecified atom stereocenters. The van der Waals surface area contributed by atoms with Crippen LogP contribution in [0.4, 0.5) is 10.2 Å². The summed E-state index contributed by atoms with van der Waals surface area (Å²) in [7, 11) is 0. The van der Waals surface area contributed by atoms with Crippen LogP contribution in [0.5, 0.6) is 0 Å². The van der Waals surface area contributed by atoms with E-state index in [4.69, 9.17) is 5.73 Å². The number of nitrogen functional groups attached to an aromatic ring is 1. The zero-order valence-corrected chi connectivity index (χ0v) is 11.1. The first-order valence-corrected chi connectivity index (χ1v) is 6.06. The quantitative estimate of drug-likeness (QED) is 0.872. The van der Waals surface area contributed by atoms with Gasteiger partial charge >= 0.3 is 0 Å². The Labute approximate surface area is 110 Å². The van der Waals surface area contributed by atoms with Gasteiger partial charge < -0.3 is 10.7 Å². The van der Waals surface area contributed by atoms with E-state index in [0.29, 0.717) is 22.5 Å². The molecular formula is C14H16FN3O. The first kappa shape index (κ1) is 13.3. The molecule has 0 aliphatic rings. The average molecular weight is 261 g/mol. The lowest BCUT2D eigenvalue weighted by atomic mass is 10.1. The van der Waals surface area contributed by atoms with E-state index >= 15 is 0 Å². The number of rotatable bonds is 2. The van der Waals surface area contributed by atoms with Gasteiger partial charge in [-0.15, -0.1) is 0 Å². The summed E-state index contributed by atoms with van der Waals surface area (Å²) in [6.07, 6.45) is 0. The van der Waals surface area contributed by atoms with Crippen molar-refractivity contribution >= 4 is 5.82 Å². The van der Waals surface area contributed by atoms with Gasteiger partial charge in [-0.05, 0) is 36.6 Å². The van der Waals surface area contributed by atoms with Crippen molar-refractivity contribution in [1.82, 2.24) is 9.97 Å². The van der Waals surface area contributed by atoms with Gasteiger partial charge in [-0.25, -0.2) is 9.37 Å². The molecule has 0 bridgehead atoms. The molecule has 1 aromatic carbocycles. The van der Waals surface area contributed by atoms with Crippen molar-refractivity contribution in [2.24, 2.45) is 0 Å². The molecule has 1 heterocycles. The maximum atomic E-state index is 13.2. The van der Waals surface area contributed by atoms with E-state index < -0.39 is 0 Å². The molecule has 0 aliphatic carbocycles. The number of aromatic amines is 1. The van der Waals surface area contributed by atoms with Gasteiger partial charge in [0.1, 0.15) is 17.5 Å². The van der Waals surface area contributed by atoms with Gasteiger partial charge in [-0.2, -0.15) is 0 Å². The Kier molecular flexibility index (Phi) is 3.38. The molecule has 19 heavy (non-hydrogen) atoms. The van der Waals surface area contributed by atoms with Gasteiger partial charge in [0, 0.05) is 5.56 Å². The molecule has 0 fully saturated rings. The van der Waals surface area contributed by atoms with Crippen LogP contribution in [-0.2, 0) is 0 Å². The van der Waals surface area contributed by atoms with Gasteiger partial charge in [0.25, 0.3) is 5.56 Å². The summed E-state index contributed by atoms with van der Waals surface area (Å²) in [4.78, 5) is 18.9. The van der Waals surface area contributed by atoms with Gasteiger partial charge in [-0.1, -0.05) is 13.8 Å². The van der Waals surface area contributed by atoms with Crippen molar-refractivity contribution in [3.05, 3.63) is 45.5 Å². The lowest BCUT2D eigenvalue weighted by Crippen LogP contribution is -2.19. The van der Waals surface area contributed by atoms with Gasteiger partial charge in [0.15, 0.2) is 0 Å². The van der Waals surface area contributed by atoms with E-state index in [0.717, 1.165) is 0 Å². The van der Waals surface area contributed by atoms with Crippen molar-refractivity contribution in [3.63, 3.8) is 0 Å². The van der Waals surface area contributed by atoms with Gasteiger partial charge in [0.05, 0.1) is 5.56 Å². The van der Waals surface area contributed by atoms with Crippen LogP contribution < -0.4 is 11.3 Å². The van der Waals surface area contributed by atoms with Crippen LogP contribution in [0, 0.1) is 12.7 Å². The molecule has 0 radical (unpaired) electrons. The van der Waals surface area contributed by atoms with Crippen LogP contribution >= 0.6 is 0 Å². The molecule has 1 aromatic heterocycles. The Bertz CT molecular complexity index is 677. The van der Waals surface area contributed by atoms with Crippen molar-refractivity contribution in [1.29, 1.82) is 0 Å². The minimum absolute atomic E-state index is 0.000235. The molecule has 3 N–H and O–H groups in total. The molecule has 100 valence electrons. The smallest absolute Gasteiger partial charge is 0.256 e. The standard InChI is InChI=1S/C14H16FN3O/c1-7(2)11-12(16)17-13(18-14(11)19)9-4-5-10(15)8(3)6-9/h4-7H,1-3H3,(H3,16,17,18,19). The average Bonchev–Trinajstić information content (AvgIpc) is 2.31. The van der Waals surface area contributed by atoms with Gasteiger partial charge in [-0.3, -0.25) is 4.79 Å². The second kappa shape index (κ2) is 4.84. The maximum Gasteiger partial charge on any atom is 0.256 e. The van der Waals surface area contributed by atoms with Crippen LogP contribution in [-0.4, -0.2) is 9.97 Å². The topological polar surface area (TPSA) is 71.8 Å². The summed E-state index contributed by atoms with van der Waals surface area (Å²) < 4.78 is 13.2. The molecular weight excluding hydrogens is 245 g/mol. The van der Waals surface area contributed by atoms with Crippen LogP contribution in [0.1, 0.15) is 30.9 Å². The Morgan fingerprint density at radius 2 is 2.05 bits per heavy atom. The third kappa shape index (κ3) is 2.50. The summed E-state index contributed by atoms with van der Waals surface area (Å²) in [5.74, 6) is 0.281. The zero-order chi connectivity index (χ0) is 14.2. The van der Waals surface area contributed by atoms with Crippen molar-refractivity contribution in [2.45, 2.75) is 26.7 Å². The molecule has 0 saturated carbocycles. The fraction of sp³-hybridized carbons (Fsp3) is 0.286. The number of hydrogen-bond donors (Lipinski definition) is 2. The molecule has 0 aliphatic heterocycles. The fourth-order valence-corrected chi connectivity index (χ4v) is 1.99. The molecule has 0 atom stereocenters. The number of nitrogens with two attached hydrogens (primary N) is 1. The monoisotopic (exact) mass is 261 g/mol. The summed E-state index contributed by atoms with van der Waals surface area (Å²) in [5, 5.41) is 0. The first-order chi connectivity index (χ1) is 8.90. The molecule has 4 nitrogen and oxygen atoms in total. The molecule has 2 aromatic rings. The predicted octanol–water partition coefficient (Wildman–Crippen LogP) is 2.59. The number of halogens is 1. The fourth-order valence-electron chi connectivity index (χ4n) is 1.99. The van der Waals surface area contributed by atoms with Crippen LogP contribution in [0.2, 0.25) is 0 Å². The highest BCUT2D eigenvalue weighted by molar-refractivity contribution is 5.58. The van der Waals surface area contributed by atoms with E-state index in [1.165, 1.54) is 6.07 Å². The minimum Gasteiger partial charge on any atom is -0.383 e. The molecule has 2 rings (SSSR count). The van der Waals surface area contributed by atoms with E-state index in [-0.39, 0.29) is 23.1 Å². The maximum absolute atomic E-state index is 13.2. The molecule has 0 amide bonds. The predicted molar refractivity (Wildman–Crippen MR) is 73.5 cm³/mol. The minimum atomic E-state index is -0.294. The number of benzene rings is 1. The van der Waals surface area contributed by atoms with Crippen molar-refractivity contribution in [2.75, 3.05) is 5.73 Å². The molecule has 0 saturated heterocycles. The zero-order valence-electron chi connectivity index (χ0n) is 11.1. The Balaban J connectivity index is 2.58. The second-order valence-corrected chi connectivity index (χ2v) is 4.83. The largest absolute Gasteiger partial charge is 0.383 e. The normalized spacial score (nSPS) is 11.0. The van der Waals surface area contributed by atoms with Crippen LogP contribution in [0.3, 0.4) is 0 Å². The summed E-state index contributed by atoms with van der Waals surface area (Å²) in [6.45, 7) is 5.41. The second-order valence-electron chi connectivity index (χ2n) is 4.83. The number of anilines is 1. The van der Waals surface area contributed by atoms with E-state index in [2.05, 4.69) is 9.97 Å². The van der Waals surface area contributed by atoms with Crippen LogP contribution in [0.25, 0.3) is 11.4 Å². The summed E-state index contributed by atoms with van der Waals surface area (Å²) in [6, 6.07) is 4.54. The van der Waals surface area contributed by atoms with Crippen LogP contribution in [0.15, 0.2) is 23.0 Å². The number of nitrogens with one attached hydrogen (secondary N) is 1. The Morgan fingerprint density at radius 1 is 1.37 bits per heavy atom. The van der Waals surface area contributed by atoms with Crippen molar-refractivity contribution in [3.8, 4) is 11.4 Å². The molecule has 5 heteroatoms. The SMILES string of the molecule is Cc1cc(-c2nc(N)c(C(C)C)c(=O)[nH]2)ccc1F. The number of aromatic nitrogens is 2. The van der Waals surface area contributed by atoms with E-state index in [1.807, 2.05) is 13.8 Å². The van der Waals surface area contributed by atoms with E-state index in [9.17, 15) is 9.18 Å². The van der Waals surface area contributed by atoms with E-state index in [1.54, 1.807) is 19.1 Å². The molecule has 0 spiro atoms. The lowest BCUT2D eigenvalue weighted by molar-refractivity contribution is 0.618. The highest BCUT2D eigenvalue weighted by Crippen LogP contribution is 2.21. The number of nitrogens with zero attached hydrogens (tertiary/aromatic N) is 1. The number of H-pyrrole nitrogens is 1. The van der Waals surface area contributed by atoms with Gasteiger partial charge in [0.2, 0.25) is 0 Å². The van der Waals surface area contributed by atoms with Crippen molar-refractivity contribution < 1.29 is 4.39 Å².